The maximum atomic E-state index is 12.7. The minimum absolute atomic E-state index is 0.0635. The number of amides is 2. The molecule has 0 aromatic heterocycles. The average molecular weight is 323 g/mol. The number of carbonyl (C=O) groups excluding carboxylic acids is 2. The van der Waals surface area contributed by atoms with Gasteiger partial charge in [-0.25, -0.2) is 0 Å². The molecular weight excluding hydrogens is 302 g/mol. The third-order valence-electron chi connectivity index (χ3n) is 4.18. The number of nitrogens with one attached hydrogen (secondary N) is 1. The molecule has 0 saturated carbocycles. The predicted octanol–water partition coefficient (Wildman–Crippen LogP) is 2.41. The number of para-hydroxylation sites is 2. The van der Waals surface area contributed by atoms with Gasteiger partial charge >= 0.3 is 0 Å². The maximum absolute atomic E-state index is 12.7. The summed E-state index contributed by atoms with van der Waals surface area (Å²) in [7, 11) is 1.92. The zero-order chi connectivity index (χ0) is 17.1. The van der Waals surface area contributed by atoms with E-state index in [1.807, 2.05) is 48.3 Å². The Morgan fingerprint density at radius 1 is 1.17 bits per heavy atom. The van der Waals surface area contributed by atoms with E-state index < -0.39 is 0 Å². The van der Waals surface area contributed by atoms with Gasteiger partial charge in [0.15, 0.2) is 0 Å². The van der Waals surface area contributed by atoms with E-state index in [9.17, 15) is 9.59 Å². The first-order valence-electron chi connectivity index (χ1n) is 7.97. The fourth-order valence-electron chi connectivity index (χ4n) is 2.91. The summed E-state index contributed by atoms with van der Waals surface area (Å²) in [6.45, 7) is 3.08. The summed E-state index contributed by atoms with van der Waals surface area (Å²) in [5, 5.41) is 2.80. The van der Waals surface area contributed by atoms with Crippen molar-refractivity contribution in [3.63, 3.8) is 0 Å². The molecule has 3 rings (SSSR count). The highest BCUT2D eigenvalue weighted by molar-refractivity contribution is 6.10. The van der Waals surface area contributed by atoms with Gasteiger partial charge in [-0.05, 0) is 37.2 Å². The van der Waals surface area contributed by atoms with Crippen LogP contribution in [-0.2, 0) is 16.1 Å². The van der Waals surface area contributed by atoms with Gasteiger partial charge in [-0.2, -0.15) is 0 Å². The van der Waals surface area contributed by atoms with Crippen LogP contribution in [0.4, 0.5) is 11.4 Å². The normalized spacial score (nSPS) is 13.6. The van der Waals surface area contributed by atoms with Crippen LogP contribution in [0.3, 0.4) is 0 Å². The lowest BCUT2D eigenvalue weighted by Crippen LogP contribution is -2.45. The Hall–Kier alpha value is -2.66. The third kappa shape index (κ3) is 3.46. The highest BCUT2D eigenvalue weighted by Gasteiger charge is 2.27. The molecule has 2 aromatic carbocycles. The second-order valence-electron chi connectivity index (χ2n) is 6.14. The van der Waals surface area contributed by atoms with Crippen LogP contribution >= 0.6 is 0 Å². The largest absolute Gasteiger partial charge is 0.323 e. The molecule has 1 aliphatic rings. The minimum Gasteiger partial charge on any atom is -0.323 e. The Labute approximate surface area is 141 Å². The van der Waals surface area contributed by atoms with Gasteiger partial charge in [0, 0.05) is 6.54 Å². The summed E-state index contributed by atoms with van der Waals surface area (Å²) < 4.78 is 0. The first kappa shape index (κ1) is 16.2. The molecule has 2 amide bonds. The number of nitrogens with zero attached hydrogens (tertiary/aromatic N) is 2. The molecule has 0 atom stereocenters. The molecule has 24 heavy (non-hydrogen) atoms. The molecule has 1 N–H and O–H groups in total. The summed E-state index contributed by atoms with van der Waals surface area (Å²) in [5.74, 6) is -0.239. The Bertz CT molecular complexity index is 773. The topological polar surface area (TPSA) is 52.7 Å². The second kappa shape index (κ2) is 6.84. The molecule has 0 unspecified atom stereocenters. The fraction of sp³-hybridized carbons (Fsp3) is 0.263. The lowest BCUT2D eigenvalue weighted by atomic mass is 10.1. The first-order valence-corrected chi connectivity index (χ1v) is 7.97. The number of hydrogen-bond acceptors (Lipinski definition) is 3. The number of hydrogen-bond donors (Lipinski definition) is 1. The van der Waals surface area contributed by atoms with Crippen molar-refractivity contribution < 1.29 is 9.59 Å². The van der Waals surface area contributed by atoms with E-state index in [0.717, 1.165) is 5.69 Å². The van der Waals surface area contributed by atoms with Crippen molar-refractivity contribution in [3.05, 3.63) is 59.7 Å². The standard InChI is InChI=1S/C19H21N3O2/c1-14-7-3-4-8-15(14)11-21(2)13-19(24)22-12-18(23)20-16-9-5-6-10-17(16)22/h3-10H,11-13H2,1-2H3,(H,20,23). The zero-order valence-electron chi connectivity index (χ0n) is 14.0. The van der Waals surface area contributed by atoms with Crippen LogP contribution in [0.2, 0.25) is 0 Å². The molecule has 5 nitrogen and oxygen atoms in total. The van der Waals surface area contributed by atoms with Crippen LogP contribution in [0.1, 0.15) is 11.1 Å². The van der Waals surface area contributed by atoms with Crippen molar-refractivity contribution in [3.8, 4) is 0 Å². The molecule has 2 aromatic rings. The van der Waals surface area contributed by atoms with Gasteiger partial charge in [-0.1, -0.05) is 36.4 Å². The Kier molecular flexibility index (Phi) is 4.62. The molecule has 0 bridgehead atoms. The molecule has 0 radical (unpaired) electrons. The Balaban J connectivity index is 1.71. The smallest absolute Gasteiger partial charge is 0.244 e. The SMILES string of the molecule is Cc1ccccc1CN(C)CC(=O)N1CC(=O)Nc2ccccc21. The van der Waals surface area contributed by atoms with Gasteiger partial charge in [0.25, 0.3) is 0 Å². The van der Waals surface area contributed by atoms with E-state index in [4.69, 9.17) is 0 Å². The quantitative estimate of drug-likeness (QED) is 0.940. The van der Waals surface area contributed by atoms with E-state index in [-0.39, 0.29) is 24.9 Å². The van der Waals surface area contributed by atoms with Gasteiger partial charge in [0.2, 0.25) is 11.8 Å². The van der Waals surface area contributed by atoms with Gasteiger partial charge in [0.1, 0.15) is 6.54 Å². The number of aryl methyl sites for hydroxylation is 1. The number of likely N-dealkylation sites (N-methyl/N-ethyl adjacent to an activating group) is 1. The molecule has 0 spiro atoms. The van der Waals surface area contributed by atoms with Crippen molar-refractivity contribution in [2.24, 2.45) is 0 Å². The molecule has 0 saturated heterocycles. The lowest BCUT2D eigenvalue weighted by Gasteiger charge is -2.30. The van der Waals surface area contributed by atoms with Gasteiger partial charge in [-0.3, -0.25) is 19.4 Å². The molecule has 0 fully saturated rings. The molecular formula is C19H21N3O2. The third-order valence-corrected chi connectivity index (χ3v) is 4.18. The van der Waals surface area contributed by atoms with Crippen molar-refractivity contribution >= 4 is 23.2 Å². The van der Waals surface area contributed by atoms with Crippen molar-refractivity contribution in [1.82, 2.24) is 4.90 Å². The van der Waals surface area contributed by atoms with E-state index in [1.165, 1.54) is 11.1 Å². The van der Waals surface area contributed by atoms with Crippen LogP contribution in [0.15, 0.2) is 48.5 Å². The van der Waals surface area contributed by atoms with Gasteiger partial charge < -0.3 is 5.32 Å². The van der Waals surface area contributed by atoms with E-state index in [0.29, 0.717) is 12.2 Å². The molecule has 124 valence electrons. The van der Waals surface area contributed by atoms with E-state index in [2.05, 4.69) is 24.4 Å². The molecule has 0 aliphatic carbocycles. The van der Waals surface area contributed by atoms with E-state index >= 15 is 0 Å². The lowest BCUT2D eigenvalue weighted by molar-refractivity contribution is -0.122. The summed E-state index contributed by atoms with van der Waals surface area (Å²) in [4.78, 5) is 28.1. The van der Waals surface area contributed by atoms with Crippen molar-refractivity contribution in [1.29, 1.82) is 0 Å². The molecule has 1 heterocycles. The highest BCUT2D eigenvalue weighted by atomic mass is 16.2. The van der Waals surface area contributed by atoms with Crippen LogP contribution in [-0.4, -0.2) is 36.9 Å². The molecule has 5 heteroatoms. The predicted molar refractivity (Wildman–Crippen MR) is 94.9 cm³/mol. The monoisotopic (exact) mass is 323 g/mol. The number of rotatable bonds is 4. The Morgan fingerprint density at radius 3 is 2.67 bits per heavy atom. The second-order valence-corrected chi connectivity index (χ2v) is 6.14. The summed E-state index contributed by atoms with van der Waals surface area (Å²) in [6.07, 6.45) is 0. The summed E-state index contributed by atoms with van der Waals surface area (Å²) in [5.41, 5.74) is 3.85. The number of anilines is 2. The van der Waals surface area contributed by atoms with Crippen LogP contribution in [0.5, 0.6) is 0 Å². The van der Waals surface area contributed by atoms with Crippen molar-refractivity contribution in [2.45, 2.75) is 13.5 Å². The number of carbonyl (C=O) groups is 2. The average Bonchev–Trinajstić information content (AvgIpc) is 2.56. The summed E-state index contributed by atoms with van der Waals surface area (Å²) in [6, 6.07) is 15.5. The van der Waals surface area contributed by atoms with Crippen molar-refractivity contribution in [2.75, 3.05) is 30.4 Å². The number of fused-ring (bicyclic) bond motifs is 1. The first-order chi connectivity index (χ1) is 11.5. The fourth-order valence-corrected chi connectivity index (χ4v) is 2.91. The maximum Gasteiger partial charge on any atom is 0.244 e. The molecule has 1 aliphatic heterocycles. The Morgan fingerprint density at radius 2 is 1.88 bits per heavy atom. The van der Waals surface area contributed by atoms with Gasteiger partial charge in [-0.15, -0.1) is 0 Å². The van der Waals surface area contributed by atoms with E-state index in [1.54, 1.807) is 4.90 Å². The van der Waals surface area contributed by atoms with Crippen LogP contribution in [0.25, 0.3) is 0 Å². The minimum atomic E-state index is -0.163. The number of benzene rings is 2. The van der Waals surface area contributed by atoms with Crippen LogP contribution < -0.4 is 10.2 Å². The zero-order valence-corrected chi connectivity index (χ0v) is 14.0. The summed E-state index contributed by atoms with van der Waals surface area (Å²) >= 11 is 0. The van der Waals surface area contributed by atoms with Gasteiger partial charge in [0.05, 0.1) is 17.9 Å². The highest BCUT2D eigenvalue weighted by Crippen LogP contribution is 2.28. The van der Waals surface area contributed by atoms with Crippen LogP contribution in [0, 0.1) is 6.92 Å².